The Morgan fingerprint density at radius 2 is 2.05 bits per heavy atom. The Morgan fingerprint density at radius 1 is 1.29 bits per heavy atom. The van der Waals surface area contributed by atoms with Crippen LogP contribution in [0.15, 0.2) is 84.3 Å². The predicted molar refractivity (Wildman–Crippen MR) is 88.4 cm³/mol. The van der Waals surface area contributed by atoms with Gasteiger partial charge in [-0.3, -0.25) is 4.79 Å². The number of nitrogens with one attached hydrogen (secondary N) is 1. The fraction of sp³-hybridized carbons (Fsp3) is 0.105. The molecule has 0 bridgehead atoms. The van der Waals surface area contributed by atoms with Gasteiger partial charge < -0.3 is 5.32 Å². The molecule has 21 heavy (non-hydrogen) atoms. The summed E-state index contributed by atoms with van der Waals surface area (Å²) in [5.41, 5.74) is 3.50. The molecule has 0 spiro atoms. The first-order chi connectivity index (χ1) is 10.1. The van der Waals surface area contributed by atoms with E-state index >= 15 is 0 Å². The van der Waals surface area contributed by atoms with E-state index in [1.165, 1.54) is 0 Å². The highest BCUT2D eigenvalue weighted by Crippen LogP contribution is 2.12. The van der Waals surface area contributed by atoms with Crippen molar-refractivity contribution in [3.63, 3.8) is 0 Å². The van der Waals surface area contributed by atoms with E-state index in [-0.39, 0.29) is 5.78 Å². The molecule has 0 saturated carbocycles. The minimum atomic E-state index is 0.0614. The van der Waals surface area contributed by atoms with Crippen LogP contribution in [0.2, 0.25) is 0 Å². The van der Waals surface area contributed by atoms with Gasteiger partial charge in [-0.05, 0) is 31.1 Å². The molecule has 0 fully saturated rings. The van der Waals surface area contributed by atoms with Crippen molar-refractivity contribution in [1.29, 1.82) is 0 Å². The van der Waals surface area contributed by atoms with E-state index in [4.69, 9.17) is 0 Å². The number of Topliss-reactive ketones (excluding diaryl/α,β-unsaturated/α-hetero) is 1. The zero-order chi connectivity index (χ0) is 15.1. The molecular weight excluding hydrogens is 258 g/mol. The Kier molecular flexibility index (Phi) is 5.10. The second-order valence-corrected chi connectivity index (χ2v) is 4.85. The van der Waals surface area contributed by atoms with Gasteiger partial charge in [0.2, 0.25) is 0 Å². The summed E-state index contributed by atoms with van der Waals surface area (Å²) in [7, 11) is 0. The maximum Gasteiger partial charge on any atom is 0.159 e. The summed E-state index contributed by atoms with van der Waals surface area (Å²) in [6, 6.07) is 10.1. The summed E-state index contributed by atoms with van der Waals surface area (Å²) in [5.74, 6) is 0.0614. The van der Waals surface area contributed by atoms with Crippen LogP contribution < -0.4 is 5.32 Å². The normalized spacial score (nSPS) is 14.3. The van der Waals surface area contributed by atoms with Gasteiger partial charge in [0.1, 0.15) is 0 Å². The summed E-state index contributed by atoms with van der Waals surface area (Å²) >= 11 is 0. The highest BCUT2D eigenvalue weighted by Gasteiger charge is 2.04. The van der Waals surface area contributed by atoms with Gasteiger partial charge in [-0.1, -0.05) is 61.2 Å². The van der Waals surface area contributed by atoms with Gasteiger partial charge in [0.05, 0.1) is 0 Å². The smallest absolute Gasteiger partial charge is 0.159 e. The van der Waals surface area contributed by atoms with E-state index in [0.29, 0.717) is 5.57 Å². The molecule has 1 aromatic carbocycles. The van der Waals surface area contributed by atoms with Gasteiger partial charge in [-0.25, -0.2) is 0 Å². The van der Waals surface area contributed by atoms with Crippen LogP contribution >= 0.6 is 0 Å². The van der Waals surface area contributed by atoms with Crippen molar-refractivity contribution in [2.45, 2.75) is 13.3 Å². The van der Waals surface area contributed by atoms with Crippen LogP contribution in [0.3, 0.4) is 0 Å². The van der Waals surface area contributed by atoms with Crippen LogP contribution in [-0.2, 0) is 4.79 Å². The predicted octanol–water partition coefficient (Wildman–Crippen LogP) is 4.16. The Labute approximate surface area is 125 Å². The third-order valence-electron chi connectivity index (χ3n) is 3.07. The van der Waals surface area contributed by atoms with Crippen molar-refractivity contribution in [1.82, 2.24) is 5.32 Å². The van der Waals surface area contributed by atoms with Crippen LogP contribution in [0.5, 0.6) is 0 Å². The molecule has 1 aliphatic rings. The first-order valence-electron chi connectivity index (χ1n) is 6.93. The number of benzene rings is 1. The van der Waals surface area contributed by atoms with Gasteiger partial charge in [0.15, 0.2) is 5.78 Å². The number of rotatable bonds is 5. The maximum atomic E-state index is 11.5. The van der Waals surface area contributed by atoms with E-state index in [9.17, 15) is 4.79 Å². The Bertz CT molecular complexity index is 645. The number of allylic oxidation sites excluding steroid dienone is 6. The molecule has 0 heterocycles. The van der Waals surface area contributed by atoms with Crippen molar-refractivity contribution in [3.8, 4) is 0 Å². The summed E-state index contributed by atoms with van der Waals surface area (Å²) in [5, 5.41) is 3.23. The highest BCUT2D eigenvalue weighted by molar-refractivity contribution is 5.96. The average Bonchev–Trinajstić information content (AvgIpc) is 2.72. The standard InChI is InChI=1S/C19H19NO/c1-15(12-13-17-8-4-3-5-9-17)20-19-11-7-6-10-18(14-19)16(2)21/h3-6,8-14,20H,1,7H2,2H3/b13-12+. The van der Waals surface area contributed by atoms with E-state index < -0.39 is 0 Å². The van der Waals surface area contributed by atoms with Crippen molar-refractivity contribution in [3.05, 3.63) is 89.8 Å². The van der Waals surface area contributed by atoms with Crippen LogP contribution in [0.4, 0.5) is 0 Å². The largest absolute Gasteiger partial charge is 0.356 e. The van der Waals surface area contributed by atoms with Crippen molar-refractivity contribution < 1.29 is 4.79 Å². The van der Waals surface area contributed by atoms with Crippen LogP contribution in [0.25, 0.3) is 6.08 Å². The van der Waals surface area contributed by atoms with E-state index in [0.717, 1.165) is 23.4 Å². The van der Waals surface area contributed by atoms with Crippen molar-refractivity contribution >= 4 is 11.9 Å². The summed E-state index contributed by atoms with van der Waals surface area (Å²) in [6.07, 6.45) is 12.4. The number of hydrogen-bond acceptors (Lipinski definition) is 2. The lowest BCUT2D eigenvalue weighted by Crippen LogP contribution is -2.09. The third kappa shape index (κ3) is 4.77. The highest BCUT2D eigenvalue weighted by atomic mass is 16.1. The Morgan fingerprint density at radius 3 is 2.76 bits per heavy atom. The quantitative estimate of drug-likeness (QED) is 0.819. The molecular formula is C19H19NO. The van der Waals surface area contributed by atoms with E-state index in [1.807, 2.05) is 66.8 Å². The molecule has 0 aliphatic heterocycles. The summed E-state index contributed by atoms with van der Waals surface area (Å²) in [4.78, 5) is 11.5. The second-order valence-electron chi connectivity index (χ2n) is 4.85. The van der Waals surface area contributed by atoms with Crippen LogP contribution in [0.1, 0.15) is 18.9 Å². The van der Waals surface area contributed by atoms with Crippen LogP contribution in [0, 0.1) is 0 Å². The first kappa shape index (κ1) is 14.8. The number of ketones is 1. The number of carbonyl (C=O) groups is 1. The van der Waals surface area contributed by atoms with Gasteiger partial charge in [-0.15, -0.1) is 0 Å². The molecule has 1 N–H and O–H groups in total. The zero-order valence-corrected chi connectivity index (χ0v) is 12.2. The fourth-order valence-corrected chi connectivity index (χ4v) is 1.96. The van der Waals surface area contributed by atoms with Gasteiger partial charge in [0.25, 0.3) is 0 Å². The second kappa shape index (κ2) is 7.25. The minimum Gasteiger partial charge on any atom is -0.356 e. The summed E-state index contributed by atoms with van der Waals surface area (Å²) in [6.45, 7) is 5.56. The van der Waals surface area contributed by atoms with Crippen LogP contribution in [-0.4, -0.2) is 5.78 Å². The lowest BCUT2D eigenvalue weighted by atomic mass is 10.1. The maximum absolute atomic E-state index is 11.5. The monoisotopic (exact) mass is 277 g/mol. The van der Waals surface area contributed by atoms with Gasteiger partial charge in [-0.2, -0.15) is 0 Å². The molecule has 2 heteroatoms. The zero-order valence-electron chi connectivity index (χ0n) is 12.2. The average molecular weight is 277 g/mol. The van der Waals surface area contributed by atoms with E-state index in [1.54, 1.807) is 6.92 Å². The minimum absolute atomic E-state index is 0.0614. The molecule has 0 atom stereocenters. The first-order valence-corrected chi connectivity index (χ1v) is 6.93. The molecule has 1 aliphatic carbocycles. The Hall–Kier alpha value is -2.61. The molecule has 0 radical (unpaired) electrons. The summed E-state index contributed by atoms with van der Waals surface area (Å²) < 4.78 is 0. The van der Waals surface area contributed by atoms with Gasteiger partial charge in [0, 0.05) is 17.0 Å². The molecule has 0 saturated heterocycles. The molecule has 1 aromatic rings. The number of carbonyl (C=O) groups excluding carboxylic acids is 1. The molecule has 0 unspecified atom stereocenters. The fourth-order valence-electron chi connectivity index (χ4n) is 1.96. The molecule has 106 valence electrons. The topological polar surface area (TPSA) is 29.1 Å². The molecule has 2 rings (SSSR count). The van der Waals surface area contributed by atoms with E-state index in [2.05, 4.69) is 11.9 Å². The molecule has 0 aromatic heterocycles. The van der Waals surface area contributed by atoms with Crippen molar-refractivity contribution in [2.24, 2.45) is 0 Å². The number of hydrogen-bond donors (Lipinski definition) is 1. The van der Waals surface area contributed by atoms with Crippen molar-refractivity contribution in [2.75, 3.05) is 0 Å². The third-order valence-corrected chi connectivity index (χ3v) is 3.07. The molecule has 2 nitrogen and oxygen atoms in total. The molecule has 0 amide bonds. The lowest BCUT2D eigenvalue weighted by Gasteiger charge is -2.07. The Balaban J connectivity index is 2.03. The SMILES string of the molecule is C=C(/C=C/c1ccccc1)NC1=CCC=CC(C(C)=O)=C1. The van der Waals surface area contributed by atoms with Gasteiger partial charge >= 0.3 is 0 Å². The lowest BCUT2D eigenvalue weighted by molar-refractivity contribution is -0.113.